The van der Waals surface area contributed by atoms with Crippen molar-refractivity contribution in [3.63, 3.8) is 0 Å². The normalized spacial score (nSPS) is 23.7. The summed E-state index contributed by atoms with van der Waals surface area (Å²) in [4.78, 5) is 32.8. The molecule has 2 fully saturated rings. The van der Waals surface area contributed by atoms with E-state index in [0.717, 1.165) is 44.5 Å². The molecule has 0 aliphatic carbocycles. The molecule has 1 aromatic heterocycles. The van der Waals surface area contributed by atoms with Gasteiger partial charge in [0.15, 0.2) is 0 Å². The number of ether oxygens (including phenoxy) is 1. The number of nitrogens with zero attached hydrogens (tertiary/aromatic N) is 3. The second-order valence-electron chi connectivity index (χ2n) is 7.88. The molecule has 3 rings (SSSR count). The van der Waals surface area contributed by atoms with Crippen molar-refractivity contribution in [1.29, 1.82) is 0 Å². The Hall–Kier alpha value is -1.95. The van der Waals surface area contributed by atoms with Gasteiger partial charge in [-0.1, -0.05) is 0 Å². The SMILES string of the molecule is CC(C)OCC(=O)N1CCCC2(CCC(=O)N(Cc3ccncc3)C2)C1. The van der Waals surface area contributed by atoms with E-state index in [2.05, 4.69) is 4.98 Å². The van der Waals surface area contributed by atoms with Crippen LogP contribution >= 0.6 is 0 Å². The van der Waals surface area contributed by atoms with E-state index in [1.54, 1.807) is 12.4 Å². The van der Waals surface area contributed by atoms with Crippen molar-refractivity contribution in [1.82, 2.24) is 14.8 Å². The minimum atomic E-state index is 0.0205. The van der Waals surface area contributed by atoms with Gasteiger partial charge in [0.05, 0.1) is 6.10 Å². The highest BCUT2D eigenvalue weighted by atomic mass is 16.5. The molecule has 2 aliphatic heterocycles. The van der Waals surface area contributed by atoms with Gasteiger partial charge in [0.25, 0.3) is 0 Å². The molecule has 0 bridgehead atoms. The first-order valence-corrected chi connectivity index (χ1v) is 9.53. The van der Waals surface area contributed by atoms with Gasteiger partial charge in [0.2, 0.25) is 11.8 Å². The molecule has 1 atom stereocenters. The summed E-state index contributed by atoms with van der Waals surface area (Å²) in [6.45, 7) is 6.89. The summed E-state index contributed by atoms with van der Waals surface area (Å²) in [6.07, 6.45) is 7.07. The Labute approximate surface area is 155 Å². The van der Waals surface area contributed by atoms with E-state index in [9.17, 15) is 9.59 Å². The molecule has 0 aromatic carbocycles. The molecule has 0 N–H and O–H groups in total. The van der Waals surface area contributed by atoms with Gasteiger partial charge in [-0.15, -0.1) is 0 Å². The Morgan fingerprint density at radius 2 is 2.04 bits per heavy atom. The fraction of sp³-hybridized carbons (Fsp3) is 0.650. The molecular formula is C20H29N3O3. The van der Waals surface area contributed by atoms with Crippen molar-refractivity contribution in [3.05, 3.63) is 30.1 Å². The summed E-state index contributed by atoms with van der Waals surface area (Å²) in [5.41, 5.74) is 1.12. The number of likely N-dealkylation sites (tertiary alicyclic amines) is 2. The number of amides is 2. The standard InChI is InChI=1S/C20H29N3O3/c1-16(2)26-13-19(25)22-11-3-7-20(14-22)8-4-18(24)23(15-20)12-17-5-9-21-10-6-17/h5-6,9-10,16H,3-4,7-8,11-15H2,1-2H3. The van der Waals surface area contributed by atoms with Crippen LogP contribution in [0, 0.1) is 5.41 Å². The molecule has 142 valence electrons. The first kappa shape index (κ1) is 18.8. The van der Waals surface area contributed by atoms with Crippen LogP contribution in [0.2, 0.25) is 0 Å². The molecule has 2 aliphatic rings. The van der Waals surface area contributed by atoms with Gasteiger partial charge in [0.1, 0.15) is 6.61 Å². The van der Waals surface area contributed by atoms with Crippen LogP contribution in [0.15, 0.2) is 24.5 Å². The van der Waals surface area contributed by atoms with Crippen molar-refractivity contribution in [3.8, 4) is 0 Å². The first-order valence-electron chi connectivity index (χ1n) is 9.53. The molecule has 1 unspecified atom stereocenters. The molecule has 26 heavy (non-hydrogen) atoms. The lowest BCUT2D eigenvalue weighted by Crippen LogP contribution is -2.55. The van der Waals surface area contributed by atoms with Crippen molar-refractivity contribution >= 4 is 11.8 Å². The minimum absolute atomic E-state index is 0.0205. The van der Waals surface area contributed by atoms with Gasteiger partial charge >= 0.3 is 0 Å². The zero-order valence-electron chi connectivity index (χ0n) is 15.8. The second kappa shape index (κ2) is 8.16. The van der Waals surface area contributed by atoms with E-state index in [1.807, 2.05) is 35.8 Å². The van der Waals surface area contributed by atoms with E-state index in [4.69, 9.17) is 4.74 Å². The highest BCUT2D eigenvalue weighted by molar-refractivity contribution is 5.78. The van der Waals surface area contributed by atoms with Gasteiger partial charge in [-0.05, 0) is 50.8 Å². The molecule has 0 radical (unpaired) electrons. The molecule has 3 heterocycles. The summed E-state index contributed by atoms with van der Waals surface area (Å²) in [5.74, 6) is 0.273. The van der Waals surface area contributed by atoms with Gasteiger partial charge in [-0.2, -0.15) is 0 Å². The Bertz CT molecular complexity index is 634. The van der Waals surface area contributed by atoms with E-state index >= 15 is 0 Å². The third-order valence-electron chi connectivity index (χ3n) is 5.43. The van der Waals surface area contributed by atoms with E-state index in [1.165, 1.54) is 0 Å². The summed E-state index contributed by atoms with van der Waals surface area (Å²) in [6, 6.07) is 3.91. The van der Waals surface area contributed by atoms with Crippen LogP contribution in [0.1, 0.15) is 45.1 Å². The topological polar surface area (TPSA) is 62.7 Å². The average molecular weight is 359 g/mol. The lowest BCUT2D eigenvalue weighted by molar-refractivity contribution is -0.146. The maximum atomic E-state index is 12.5. The van der Waals surface area contributed by atoms with Crippen molar-refractivity contribution in [2.24, 2.45) is 5.41 Å². The van der Waals surface area contributed by atoms with E-state index < -0.39 is 0 Å². The van der Waals surface area contributed by atoms with E-state index in [-0.39, 0.29) is 29.9 Å². The van der Waals surface area contributed by atoms with Crippen molar-refractivity contribution < 1.29 is 14.3 Å². The summed E-state index contributed by atoms with van der Waals surface area (Å²) >= 11 is 0. The predicted octanol–water partition coefficient (Wildman–Crippen LogP) is 2.24. The first-order chi connectivity index (χ1) is 12.5. The summed E-state index contributed by atoms with van der Waals surface area (Å²) in [5, 5.41) is 0. The number of rotatable bonds is 5. The fourth-order valence-corrected chi connectivity index (χ4v) is 4.04. The second-order valence-corrected chi connectivity index (χ2v) is 7.88. The smallest absolute Gasteiger partial charge is 0.248 e. The number of aromatic nitrogens is 1. The Balaban J connectivity index is 1.64. The number of hydrogen-bond acceptors (Lipinski definition) is 4. The largest absolute Gasteiger partial charge is 0.369 e. The monoisotopic (exact) mass is 359 g/mol. The molecule has 0 saturated carbocycles. The Morgan fingerprint density at radius 1 is 1.27 bits per heavy atom. The molecule has 6 nitrogen and oxygen atoms in total. The van der Waals surface area contributed by atoms with Crippen molar-refractivity contribution in [2.45, 2.75) is 52.2 Å². The third-order valence-corrected chi connectivity index (χ3v) is 5.43. The number of carbonyl (C=O) groups is 2. The Morgan fingerprint density at radius 3 is 2.77 bits per heavy atom. The third kappa shape index (κ3) is 4.61. The Kier molecular flexibility index (Phi) is 5.91. The highest BCUT2D eigenvalue weighted by Crippen LogP contribution is 2.39. The van der Waals surface area contributed by atoms with Gasteiger partial charge in [0, 0.05) is 50.4 Å². The van der Waals surface area contributed by atoms with Crippen LogP contribution in [0.4, 0.5) is 0 Å². The molecule has 6 heteroatoms. The molecule has 1 aromatic rings. The van der Waals surface area contributed by atoms with Crippen LogP contribution in [-0.2, 0) is 20.9 Å². The maximum Gasteiger partial charge on any atom is 0.248 e. The van der Waals surface area contributed by atoms with Crippen LogP contribution in [0.3, 0.4) is 0 Å². The molecular weight excluding hydrogens is 330 g/mol. The zero-order chi connectivity index (χ0) is 18.6. The van der Waals surface area contributed by atoms with Crippen LogP contribution in [-0.4, -0.2) is 58.9 Å². The molecule has 1 spiro atoms. The van der Waals surface area contributed by atoms with Gasteiger partial charge in [-0.3, -0.25) is 14.6 Å². The van der Waals surface area contributed by atoms with Gasteiger partial charge in [-0.25, -0.2) is 0 Å². The number of carbonyl (C=O) groups excluding carboxylic acids is 2. The van der Waals surface area contributed by atoms with Crippen molar-refractivity contribution in [2.75, 3.05) is 26.2 Å². The quantitative estimate of drug-likeness (QED) is 0.809. The highest BCUT2D eigenvalue weighted by Gasteiger charge is 2.42. The predicted molar refractivity (Wildman–Crippen MR) is 98.2 cm³/mol. The average Bonchev–Trinajstić information content (AvgIpc) is 2.64. The number of hydrogen-bond donors (Lipinski definition) is 0. The lowest BCUT2D eigenvalue weighted by atomic mass is 9.73. The fourth-order valence-electron chi connectivity index (χ4n) is 4.04. The molecule has 2 saturated heterocycles. The summed E-state index contributed by atoms with van der Waals surface area (Å²) in [7, 11) is 0. The van der Waals surface area contributed by atoms with Gasteiger partial charge < -0.3 is 14.5 Å². The van der Waals surface area contributed by atoms with E-state index in [0.29, 0.717) is 13.0 Å². The lowest BCUT2D eigenvalue weighted by Gasteiger charge is -2.48. The minimum Gasteiger partial charge on any atom is -0.369 e. The molecule has 2 amide bonds. The number of piperidine rings is 2. The summed E-state index contributed by atoms with van der Waals surface area (Å²) < 4.78 is 5.49. The van der Waals surface area contributed by atoms with Crippen LogP contribution in [0.25, 0.3) is 0 Å². The van der Waals surface area contributed by atoms with Crippen LogP contribution in [0.5, 0.6) is 0 Å². The van der Waals surface area contributed by atoms with Crippen LogP contribution < -0.4 is 0 Å². The number of pyridine rings is 1. The maximum absolute atomic E-state index is 12.5. The zero-order valence-corrected chi connectivity index (χ0v) is 15.8.